The second-order valence-corrected chi connectivity index (χ2v) is 4.91. The van der Waals surface area contributed by atoms with Gasteiger partial charge in [-0.05, 0) is 47.2 Å². The molecule has 0 saturated heterocycles. The average Bonchev–Trinajstić information content (AvgIpc) is 2.60. The van der Waals surface area contributed by atoms with E-state index < -0.39 is 5.97 Å². The first kappa shape index (κ1) is 14.6. The van der Waals surface area contributed by atoms with Gasteiger partial charge in [0, 0.05) is 0 Å². The van der Waals surface area contributed by atoms with Crippen LogP contribution < -0.4 is 9.47 Å². The number of ether oxygens (including phenoxy) is 2. The second-order valence-electron chi connectivity index (χ2n) is 4.91. The van der Waals surface area contributed by atoms with Crippen molar-refractivity contribution in [1.82, 2.24) is 0 Å². The summed E-state index contributed by atoms with van der Waals surface area (Å²) in [5.74, 6) is 0.515. The minimum absolute atomic E-state index is 0.196. The molecule has 112 valence electrons. The number of nitrogens with zero attached hydrogens (tertiary/aromatic N) is 1. The summed E-state index contributed by atoms with van der Waals surface area (Å²) in [5.41, 5.74) is 0.538. The highest BCUT2D eigenvalue weighted by Crippen LogP contribution is 2.20. The number of hydrogen-bond acceptors (Lipinski definition) is 4. The van der Waals surface area contributed by atoms with E-state index in [1.807, 2.05) is 42.5 Å². The van der Waals surface area contributed by atoms with Gasteiger partial charge < -0.3 is 9.47 Å². The van der Waals surface area contributed by atoms with Crippen LogP contribution in [0.15, 0.2) is 66.7 Å². The Morgan fingerprint density at radius 1 is 0.913 bits per heavy atom. The van der Waals surface area contributed by atoms with Crippen LogP contribution in [0.25, 0.3) is 10.8 Å². The molecule has 4 nitrogen and oxygen atoms in total. The minimum Gasteiger partial charge on any atom is -0.482 e. The van der Waals surface area contributed by atoms with Gasteiger partial charge >= 0.3 is 5.97 Å². The Balaban J connectivity index is 1.60. The quantitative estimate of drug-likeness (QED) is 0.545. The van der Waals surface area contributed by atoms with E-state index in [2.05, 4.69) is 0 Å². The third-order valence-electron chi connectivity index (χ3n) is 3.29. The summed E-state index contributed by atoms with van der Waals surface area (Å²) in [4.78, 5) is 11.8. The fraction of sp³-hybridized carbons (Fsp3) is 0.0526. The van der Waals surface area contributed by atoms with Gasteiger partial charge in [-0.15, -0.1) is 0 Å². The molecule has 0 heterocycles. The first-order valence-corrected chi connectivity index (χ1v) is 7.07. The number of hydrogen-bond donors (Lipinski definition) is 0. The lowest BCUT2D eigenvalue weighted by molar-refractivity contribution is -0.136. The van der Waals surface area contributed by atoms with Gasteiger partial charge in [0.15, 0.2) is 6.61 Å². The molecule has 0 saturated carbocycles. The predicted octanol–water partition coefficient (Wildman–Crippen LogP) is 3.70. The Labute approximate surface area is 133 Å². The second kappa shape index (κ2) is 6.63. The molecule has 3 rings (SSSR count). The van der Waals surface area contributed by atoms with Gasteiger partial charge in [0.05, 0.1) is 11.6 Å². The highest BCUT2D eigenvalue weighted by atomic mass is 16.6. The van der Waals surface area contributed by atoms with E-state index in [0.717, 1.165) is 10.8 Å². The molecule has 0 atom stereocenters. The molecule has 3 aromatic carbocycles. The van der Waals surface area contributed by atoms with Crippen molar-refractivity contribution >= 4 is 16.7 Å². The lowest BCUT2D eigenvalue weighted by Crippen LogP contribution is -2.17. The van der Waals surface area contributed by atoms with Crippen LogP contribution >= 0.6 is 0 Å². The van der Waals surface area contributed by atoms with Crippen molar-refractivity contribution in [2.45, 2.75) is 0 Å². The summed E-state index contributed by atoms with van der Waals surface area (Å²) in [6.45, 7) is -0.196. The van der Waals surface area contributed by atoms with Crippen LogP contribution in [0.2, 0.25) is 0 Å². The fourth-order valence-electron chi connectivity index (χ4n) is 2.16. The van der Waals surface area contributed by atoms with Crippen molar-refractivity contribution in [3.8, 4) is 17.6 Å². The predicted molar refractivity (Wildman–Crippen MR) is 86.2 cm³/mol. The number of fused-ring (bicyclic) bond motifs is 1. The molecule has 0 unspecified atom stereocenters. The monoisotopic (exact) mass is 303 g/mol. The minimum atomic E-state index is -0.482. The average molecular weight is 303 g/mol. The maximum atomic E-state index is 11.8. The van der Waals surface area contributed by atoms with Gasteiger partial charge in [0.25, 0.3) is 0 Å². The molecular weight excluding hydrogens is 290 g/mol. The van der Waals surface area contributed by atoms with Crippen LogP contribution in [-0.2, 0) is 4.79 Å². The molecule has 0 aliphatic rings. The molecule has 0 aliphatic heterocycles. The van der Waals surface area contributed by atoms with Gasteiger partial charge in [-0.3, -0.25) is 0 Å². The lowest BCUT2D eigenvalue weighted by atomic mass is 10.1. The SMILES string of the molecule is N#Cc1ccc(OCC(=O)Oc2ccc3ccccc3c2)cc1. The van der Waals surface area contributed by atoms with E-state index in [4.69, 9.17) is 14.7 Å². The van der Waals surface area contributed by atoms with Gasteiger partial charge in [-0.2, -0.15) is 5.26 Å². The Morgan fingerprint density at radius 3 is 2.35 bits per heavy atom. The maximum absolute atomic E-state index is 11.8. The third-order valence-corrected chi connectivity index (χ3v) is 3.29. The van der Waals surface area contributed by atoms with E-state index in [9.17, 15) is 4.79 Å². The van der Waals surface area contributed by atoms with Crippen LogP contribution in [0.4, 0.5) is 0 Å². The van der Waals surface area contributed by atoms with E-state index in [1.165, 1.54) is 0 Å². The lowest BCUT2D eigenvalue weighted by Gasteiger charge is -2.07. The summed E-state index contributed by atoms with van der Waals surface area (Å²) in [6, 6.07) is 21.9. The summed E-state index contributed by atoms with van der Waals surface area (Å²) in [7, 11) is 0. The Morgan fingerprint density at radius 2 is 1.61 bits per heavy atom. The number of benzene rings is 3. The standard InChI is InChI=1S/C19H13NO3/c20-12-14-5-8-17(9-6-14)22-13-19(21)23-18-10-7-15-3-1-2-4-16(15)11-18/h1-11H,13H2. The van der Waals surface area contributed by atoms with E-state index >= 15 is 0 Å². The van der Waals surface area contributed by atoms with Crippen molar-refractivity contribution in [3.63, 3.8) is 0 Å². The number of esters is 1. The molecule has 4 heteroatoms. The zero-order valence-corrected chi connectivity index (χ0v) is 12.2. The van der Waals surface area contributed by atoms with Crippen molar-refractivity contribution < 1.29 is 14.3 Å². The van der Waals surface area contributed by atoms with Crippen molar-refractivity contribution in [2.24, 2.45) is 0 Å². The zero-order chi connectivity index (χ0) is 16.1. The van der Waals surface area contributed by atoms with E-state index in [-0.39, 0.29) is 6.61 Å². The van der Waals surface area contributed by atoms with Crippen LogP contribution in [0.3, 0.4) is 0 Å². The largest absolute Gasteiger partial charge is 0.482 e. The molecule has 0 fully saturated rings. The molecule has 3 aromatic rings. The normalized spacial score (nSPS) is 10.0. The molecule has 0 N–H and O–H groups in total. The summed E-state index contributed by atoms with van der Waals surface area (Å²) in [5, 5.41) is 10.8. The van der Waals surface area contributed by atoms with Crippen LogP contribution in [0, 0.1) is 11.3 Å². The zero-order valence-electron chi connectivity index (χ0n) is 12.2. The fourth-order valence-corrected chi connectivity index (χ4v) is 2.16. The molecule has 0 spiro atoms. The Bertz CT molecular complexity index is 879. The number of rotatable bonds is 4. The van der Waals surface area contributed by atoms with Gasteiger partial charge in [-0.25, -0.2) is 4.79 Å². The molecule has 0 radical (unpaired) electrons. The van der Waals surface area contributed by atoms with Crippen molar-refractivity contribution in [3.05, 3.63) is 72.3 Å². The topological polar surface area (TPSA) is 59.3 Å². The smallest absolute Gasteiger partial charge is 0.349 e. The van der Waals surface area contributed by atoms with Crippen molar-refractivity contribution in [1.29, 1.82) is 5.26 Å². The van der Waals surface area contributed by atoms with Crippen LogP contribution in [0.5, 0.6) is 11.5 Å². The summed E-state index contributed by atoms with van der Waals surface area (Å²) >= 11 is 0. The molecule has 0 aliphatic carbocycles. The molecule has 0 aromatic heterocycles. The number of nitriles is 1. The molecular formula is C19H13NO3. The number of carbonyl (C=O) groups excluding carboxylic acids is 1. The highest BCUT2D eigenvalue weighted by Gasteiger charge is 2.07. The Kier molecular flexibility index (Phi) is 4.21. The Hall–Kier alpha value is -3.32. The first-order valence-electron chi connectivity index (χ1n) is 7.07. The molecule has 0 amide bonds. The maximum Gasteiger partial charge on any atom is 0.349 e. The molecule has 23 heavy (non-hydrogen) atoms. The van der Waals surface area contributed by atoms with Crippen molar-refractivity contribution in [2.75, 3.05) is 6.61 Å². The van der Waals surface area contributed by atoms with Crippen LogP contribution in [-0.4, -0.2) is 12.6 Å². The van der Waals surface area contributed by atoms with Gasteiger partial charge in [0.1, 0.15) is 11.5 Å². The molecule has 0 bridgehead atoms. The number of carbonyl (C=O) groups is 1. The first-order chi connectivity index (χ1) is 11.2. The van der Waals surface area contributed by atoms with E-state index in [1.54, 1.807) is 30.3 Å². The van der Waals surface area contributed by atoms with Gasteiger partial charge in [0.2, 0.25) is 0 Å². The summed E-state index contributed by atoms with van der Waals surface area (Å²) < 4.78 is 10.6. The van der Waals surface area contributed by atoms with E-state index in [0.29, 0.717) is 17.1 Å². The van der Waals surface area contributed by atoms with Gasteiger partial charge in [-0.1, -0.05) is 30.3 Å². The van der Waals surface area contributed by atoms with Crippen LogP contribution in [0.1, 0.15) is 5.56 Å². The highest BCUT2D eigenvalue weighted by molar-refractivity contribution is 5.84. The summed E-state index contributed by atoms with van der Waals surface area (Å²) in [6.07, 6.45) is 0. The third kappa shape index (κ3) is 3.66.